The Bertz CT molecular complexity index is 1110. The van der Waals surface area contributed by atoms with Crippen LogP contribution in [0.1, 0.15) is 40.6 Å². The molecule has 1 aromatic heterocycles. The maximum Gasteiger partial charge on any atom is 0.259 e. The third-order valence-corrected chi connectivity index (χ3v) is 5.74. The molecule has 29 heavy (non-hydrogen) atoms. The van der Waals surface area contributed by atoms with Gasteiger partial charge in [-0.3, -0.25) is 4.79 Å². The average molecular weight is 408 g/mol. The first kappa shape index (κ1) is 20.6. The van der Waals surface area contributed by atoms with Crippen LogP contribution in [0.5, 0.6) is 5.75 Å². The molecule has 0 aliphatic carbocycles. The lowest BCUT2D eigenvalue weighted by atomic mass is 9.85. The maximum atomic E-state index is 14.6. The third kappa shape index (κ3) is 3.87. The molecule has 0 aliphatic rings. The lowest BCUT2D eigenvalue weighted by molar-refractivity contribution is 0.100. The normalized spacial score (nSPS) is 10.8. The van der Waals surface area contributed by atoms with Crippen LogP contribution in [0.2, 0.25) is 0 Å². The van der Waals surface area contributed by atoms with E-state index >= 15 is 0 Å². The van der Waals surface area contributed by atoms with Crippen molar-refractivity contribution in [2.24, 2.45) is 5.73 Å². The number of rotatable bonds is 6. The molecule has 3 aromatic rings. The summed E-state index contributed by atoms with van der Waals surface area (Å²) in [5.41, 5.74) is 9.77. The quantitative estimate of drug-likeness (QED) is 0.583. The zero-order valence-corrected chi connectivity index (χ0v) is 17.3. The van der Waals surface area contributed by atoms with Crippen molar-refractivity contribution >= 4 is 17.2 Å². The van der Waals surface area contributed by atoms with Gasteiger partial charge in [0.1, 0.15) is 11.6 Å². The molecule has 1 amide bonds. The summed E-state index contributed by atoms with van der Waals surface area (Å²) < 4.78 is 20.2. The van der Waals surface area contributed by atoms with Gasteiger partial charge in [0.25, 0.3) is 5.91 Å². The molecule has 1 heterocycles. The van der Waals surface area contributed by atoms with Gasteiger partial charge in [-0.05, 0) is 46.2 Å². The van der Waals surface area contributed by atoms with Gasteiger partial charge in [-0.1, -0.05) is 32.0 Å². The second-order valence-electron chi connectivity index (χ2n) is 6.93. The molecule has 0 saturated carbocycles. The molecule has 0 saturated heterocycles. The number of carbonyl (C=O) groups excluding carboxylic acids is 1. The van der Waals surface area contributed by atoms with E-state index in [1.807, 2.05) is 29.6 Å². The topological polar surface area (TPSA) is 76.1 Å². The Balaban J connectivity index is 2.38. The van der Waals surface area contributed by atoms with Gasteiger partial charge in [0, 0.05) is 16.7 Å². The van der Waals surface area contributed by atoms with Gasteiger partial charge in [0.2, 0.25) is 0 Å². The fourth-order valence-electron chi connectivity index (χ4n) is 3.46. The van der Waals surface area contributed by atoms with Gasteiger partial charge in [-0.2, -0.15) is 5.26 Å². The highest BCUT2D eigenvalue weighted by molar-refractivity contribution is 7.12. The molecule has 0 bridgehead atoms. The number of nitrogens with zero attached hydrogens (tertiary/aromatic N) is 1. The number of hydrogen-bond acceptors (Lipinski definition) is 4. The Morgan fingerprint density at radius 3 is 2.59 bits per heavy atom. The van der Waals surface area contributed by atoms with Crippen LogP contribution in [0.3, 0.4) is 0 Å². The van der Waals surface area contributed by atoms with Crippen molar-refractivity contribution in [3.63, 3.8) is 0 Å². The summed E-state index contributed by atoms with van der Waals surface area (Å²) in [5.74, 6) is -0.238. The number of carbonyl (C=O) groups is 1. The largest absolute Gasteiger partial charge is 0.496 e. The highest BCUT2D eigenvalue weighted by Gasteiger charge is 2.24. The number of methoxy groups -OCH3 is 1. The number of nitrogens with two attached hydrogens (primary N) is 1. The third-order valence-electron chi connectivity index (χ3n) is 4.81. The van der Waals surface area contributed by atoms with Gasteiger partial charge < -0.3 is 10.5 Å². The SMILES string of the molecule is COc1ccc(C(C)C)c(-c2ccsc2C(N)=O)c1-c1ccc(CC#N)c(F)c1. The first-order chi connectivity index (χ1) is 13.9. The Hall–Kier alpha value is -3.17. The first-order valence-electron chi connectivity index (χ1n) is 9.13. The second kappa shape index (κ2) is 8.46. The molecule has 0 fully saturated rings. The van der Waals surface area contributed by atoms with Crippen LogP contribution in [0.4, 0.5) is 4.39 Å². The number of halogens is 1. The Morgan fingerprint density at radius 2 is 2.00 bits per heavy atom. The van der Waals surface area contributed by atoms with Crippen LogP contribution in [0, 0.1) is 17.1 Å². The summed E-state index contributed by atoms with van der Waals surface area (Å²) in [6.45, 7) is 4.12. The number of amides is 1. The van der Waals surface area contributed by atoms with Crippen LogP contribution in [-0.4, -0.2) is 13.0 Å². The minimum Gasteiger partial charge on any atom is -0.496 e. The summed E-state index contributed by atoms with van der Waals surface area (Å²) >= 11 is 1.28. The van der Waals surface area contributed by atoms with Crippen LogP contribution in [0.25, 0.3) is 22.3 Å². The Kier molecular flexibility index (Phi) is 6.00. The molecule has 0 aliphatic heterocycles. The van der Waals surface area contributed by atoms with Crippen molar-refractivity contribution in [2.75, 3.05) is 7.11 Å². The minimum absolute atomic E-state index is 0.00149. The van der Waals surface area contributed by atoms with Crippen molar-refractivity contribution in [3.8, 4) is 34.1 Å². The van der Waals surface area contributed by atoms with E-state index in [0.29, 0.717) is 32.9 Å². The summed E-state index contributed by atoms with van der Waals surface area (Å²) in [6, 6.07) is 12.4. The molecule has 0 spiro atoms. The maximum absolute atomic E-state index is 14.6. The van der Waals surface area contributed by atoms with E-state index in [1.54, 1.807) is 19.2 Å². The molecule has 2 N–H and O–H groups in total. The minimum atomic E-state index is -0.506. The predicted octanol–water partition coefficient (Wildman–Crippen LogP) is 5.52. The van der Waals surface area contributed by atoms with Crippen molar-refractivity contribution in [1.29, 1.82) is 5.26 Å². The monoisotopic (exact) mass is 408 g/mol. The highest BCUT2D eigenvalue weighted by Crippen LogP contribution is 2.46. The Labute approximate surface area is 173 Å². The molecular formula is C23H21FN2O2S. The fourth-order valence-corrected chi connectivity index (χ4v) is 4.21. The summed E-state index contributed by atoms with van der Waals surface area (Å²) in [4.78, 5) is 12.5. The van der Waals surface area contributed by atoms with Crippen LogP contribution < -0.4 is 10.5 Å². The van der Waals surface area contributed by atoms with Gasteiger partial charge >= 0.3 is 0 Å². The number of primary amides is 1. The number of thiophene rings is 1. The summed E-state index contributed by atoms with van der Waals surface area (Å²) in [5, 5.41) is 10.7. The van der Waals surface area contributed by atoms with E-state index < -0.39 is 11.7 Å². The average Bonchev–Trinajstić information content (AvgIpc) is 3.18. The molecular weight excluding hydrogens is 387 g/mol. The van der Waals surface area contributed by atoms with E-state index in [4.69, 9.17) is 15.7 Å². The number of ether oxygens (including phenoxy) is 1. The smallest absolute Gasteiger partial charge is 0.259 e. The van der Waals surface area contributed by atoms with Crippen molar-refractivity contribution in [3.05, 3.63) is 63.6 Å². The lowest BCUT2D eigenvalue weighted by Gasteiger charge is -2.21. The van der Waals surface area contributed by atoms with E-state index in [0.717, 1.165) is 11.1 Å². The molecule has 0 atom stereocenters. The van der Waals surface area contributed by atoms with Gasteiger partial charge in [0.05, 0.1) is 24.5 Å². The summed E-state index contributed by atoms with van der Waals surface area (Å²) in [6.07, 6.45) is -0.00149. The van der Waals surface area contributed by atoms with Crippen LogP contribution in [0.15, 0.2) is 41.8 Å². The molecule has 0 radical (unpaired) electrons. The highest BCUT2D eigenvalue weighted by atomic mass is 32.1. The zero-order valence-electron chi connectivity index (χ0n) is 16.5. The van der Waals surface area contributed by atoms with E-state index in [1.165, 1.54) is 17.4 Å². The number of nitriles is 1. The van der Waals surface area contributed by atoms with Gasteiger partial charge in [-0.15, -0.1) is 11.3 Å². The molecule has 0 unspecified atom stereocenters. The van der Waals surface area contributed by atoms with E-state index in [2.05, 4.69) is 13.8 Å². The predicted molar refractivity (Wildman–Crippen MR) is 114 cm³/mol. The lowest BCUT2D eigenvalue weighted by Crippen LogP contribution is -2.10. The van der Waals surface area contributed by atoms with Gasteiger partial charge in [-0.25, -0.2) is 4.39 Å². The summed E-state index contributed by atoms with van der Waals surface area (Å²) in [7, 11) is 1.56. The molecule has 6 heteroatoms. The fraction of sp³-hybridized carbons (Fsp3) is 0.217. The number of benzene rings is 2. The molecule has 4 nitrogen and oxygen atoms in total. The molecule has 2 aromatic carbocycles. The molecule has 3 rings (SSSR count). The number of hydrogen-bond donors (Lipinski definition) is 1. The standard InChI is InChI=1S/C23H21FN2O2S/c1-13(2)16-6-7-19(28-3)20(15-5-4-14(8-10-25)18(24)12-15)21(16)17-9-11-29-22(17)23(26)27/h4-7,9,11-13H,8H2,1-3H3,(H2,26,27). The van der Waals surface area contributed by atoms with Crippen molar-refractivity contribution in [2.45, 2.75) is 26.2 Å². The zero-order chi connectivity index (χ0) is 21.1. The van der Waals surface area contributed by atoms with E-state index in [-0.39, 0.29) is 12.3 Å². The molecule has 148 valence electrons. The van der Waals surface area contributed by atoms with Crippen LogP contribution >= 0.6 is 11.3 Å². The van der Waals surface area contributed by atoms with Crippen molar-refractivity contribution < 1.29 is 13.9 Å². The van der Waals surface area contributed by atoms with E-state index in [9.17, 15) is 9.18 Å². The van der Waals surface area contributed by atoms with Crippen LogP contribution in [-0.2, 0) is 6.42 Å². The van der Waals surface area contributed by atoms with Crippen molar-refractivity contribution in [1.82, 2.24) is 0 Å². The first-order valence-corrected chi connectivity index (χ1v) is 10.0. The second-order valence-corrected chi connectivity index (χ2v) is 7.85. The van der Waals surface area contributed by atoms with Gasteiger partial charge in [0.15, 0.2) is 0 Å². The Morgan fingerprint density at radius 1 is 1.24 bits per heavy atom.